The lowest BCUT2D eigenvalue weighted by atomic mass is 10.1. The van der Waals surface area contributed by atoms with E-state index in [0.717, 1.165) is 0 Å². The molecule has 3 heterocycles. The van der Waals surface area contributed by atoms with Crippen molar-refractivity contribution in [2.45, 2.75) is 12.8 Å². The maximum Gasteiger partial charge on any atom is 0.267 e. The number of nitrogens with zero attached hydrogens (tertiary/aromatic N) is 3. The Labute approximate surface area is 199 Å². The Hall–Kier alpha value is -3.24. The molecule has 0 unspecified atom stereocenters. The van der Waals surface area contributed by atoms with E-state index >= 15 is 0 Å². The molecule has 2 aromatic heterocycles. The van der Waals surface area contributed by atoms with Gasteiger partial charge in [0.1, 0.15) is 5.75 Å². The first-order chi connectivity index (χ1) is 16.0. The number of anilines is 1. The number of carbonyl (C=O) groups is 3. The van der Waals surface area contributed by atoms with E-state index in [0.29, 0.717) is 59.6 Å². The number of amides is 3. The predicted molar refractivity (Wildman–Crippen MR) is 128 cm³/mol. The molecule has 0 saturated carbocycles. The van der Waals surface area contributed by atoms with E-state index in [4.69, 9.17) is 4.74 Å². The van der Waals surface area contributed by atoms with Crippen molar-refractivity contribution in [1.29, 1.82) is 0 Å². The van der Waals surface area contributed by atoms with Gasteiger partial charge in [-0.25, -0.2) is 4.98 Å². The van der Waals surface area contributed by atoms with Crippen LogP contribution in [0.2, 0.25) is 0 Å². The molecule has 172 valence electrons. The molecule has 10 heteroatoms. The number of carbonyl (C=O) groups excluding carboxylic acids is 3. The van der Waals surface area contributed by atoms with Crippen LogP contribution in [0, 0.1) is 0 Å². The summed E-state index contributed by atoms with van der Waals surface area (Å²) in [7, 11) is 1.55. The van der Waals surface area contributed by atoms with E-state index in [1.165, 1.54) is 22.7 Å². The quantitative estimate of drug-likeness (QED) is 0.579. The smallest absolute Gasteiger partial charge is 0.267 e. The molecule has 0 radical (unpaired) electrons. The molecule has 1 aliphatic heterocycles. The number of benzene rings is 1. The summed E-state index contributed by atoms with van der Waals surface area (Å²) in [5, 5.41) is 6.87. The van der Waals surface area contributed by atoms with Crippen LogP contribution in [-0.4, -0.2) is 65.8 Å². The van der Waals surface area contributed by atoms with Gasteiger partial charge in [-0.15, -0.1) is 22.7 Å². The van der Waals surface area contributed by atoms with E-state index in [-0.39, 0.29) is 24.1 Å². The second kappa shape index (κ2) is 10.6. The summed E-state index contributed by atoms with van der Waals surface area (Å²) in [5.74, 6) is 0.213. The minimum absolute atomic E-state index is 0.0389. The Kier molecular flexibility index (Phi) is 7.36. The summed E-state index contributed by atoms with van der Waals surface area (Å²) in [6.45, 7) is 2.09. The molecule has 8 nitrogen and oxygen atoms in total. The molecular weight excluding hydrogens is 460 g/mol. The molecule has 0 aliphatic carbocycles. The first-order valence-electron chi connectivity index (χ1n) is 10.5. The molecule has 1 aromatic carbocycles. The molecule has 1 aliphatic rings. The number of methoxy groups -OCH3 is 1. The van der Waals surface area contributed by atoms with Crippen molar-refractivity contribution in [2.75, 3.05) is 38.6 Å². The Morgan fingerprint density at radius 2 is 1.82 bits per heavy atom. The third-order valence-corrected chi connectivity index (χ3v) is 7.00. The Morgan fingerprint density at radius 3 is 2.61 bits per heavy atom. The average molecular weight is 485 g/mol. The standard InChI is InChI=1S/C23H24N4O4S2/c1-31-18-7-3-2-6-17(18)22(30)27-10-5-9-26(11-12-27)20(28)14-16-15-33-23(24-16)25-21(29)19-8-4-13-32-19/h2-4,6-8,13,15H,5,9-12,14H2,1H3,(H,24,25,29). The summed E-state index contributed by atoms with van der Waals surface area (Å²) in [4.78, 5) is 46.6. The molecule has 1 fully saturated rings. The molecule has 33 heavy (non-hydrogen) atoms. The maximum atomic E-state index is 13.0. The van der Waals surface area contributed by atoms with E-state index in [2.05, 4.69) is 10.3 Å². The van der Waals surface area contributed by atoms with E-state index in [1.807, 2.05) is 23.6 Å². The number of thiazole rings is 1. The second-order valence-electron chi connectivity index (χ2n) is 7.48. The van der Waals surface area contributed by atoms with Crippen molar-refractivity contribution in [2.24, 2.45) is 0 Å². The molecule has 0 atom stereocenters. The molecule has 4 rings (SSSR count). The number of nitrogens with one attached hydrogen (secondary N) is 1. The van der Waals surface area contributed by atoms with Gasteiger partial charge < -0.3 is 14.5 Å². The topological polar surface area (TPSA) is 91.8 Å². The minimum Gasteiger partial charge on any atom is -0.496 e. The van der Waals surface area contributed by atoms with Gasteiger partial charge in [0.2, 0.25) is 5.91 Å². The molecule has 0 bridgehead atoms. The van der Waals surface area contributed by atoms with Crippen LogP contribution >= 0.6 is 22.7 Å². The number of hydrogen-bond donors (Lipinski definition) is 1. The van der Waals surface area contributed by atoms with Gasteiger partial charge in [0.15, 0.2) is 5.13 Å². The van der Waals surface area contributed by atoms with E-state index in [9.17, 15) is 14.4 Å². The first kappa shape index (κ1) is 22.9. The number of para-hydroxylation sites is 1. The summed E-state index contributed by atoms with van der Waals surface area (Å²) >= 11 is 2.66. The number of aromatic nitrogens is 1. The number of ether oxygens (including phenoxy) is 1. The number of rotatable bonds is 6. The van der Waals surface area contributed by atoms with Crippen LogP contribution in [0.15, 0.2) is 47.2 Å². The van der Waals surface area contributed by atoms with Gasteiger partial charge in [0.05, 0.1) is 29.7 Å². The van der Waals surface area contributed by atoms with Crippen LogP contribution < -0.4 is 10.1 Å². The highest BCUT2D eigenvalue weighted by molar-refractivity contribution is 7.14. The largest absolute Gasteiger partial charge is 0.496 e. The first-order valence-corrected chi connectivity index (χ1v) is 12.3. The zero-order chi connectivity index (χ0) is 23.2. The molecular formula is C23H24N4O4S2. The molecule has 3 aromatic rings. The average Bonchev–Trinajstić information content (AvgIpc) is 3.45. The van der Waals surface area contributed by atoms with Gasteiger partial charge in [-0.05, 0) is 30.0 Å². The fraction of sp³-hybridized carbons (Fsp3) is 0.304. The van der Waals surface area contributed by atoms with Crippen LogP contribution in [0.4, 0.5) is 5.13 Å². The SMILES string of the molecule is COc1ccccc1C(=O)N1CCCN(C(=O)Cc2csc(NC(=O)c3cccs3)n2)CC1. The number of hydrogen-bond acceptors (Lipinski definition) is 7. The molecule has 1 N–H and O–H groups in total. The summed E-state index contributed by atoms with van der Waals surface area (Å²) < 4.78 is 5.32. The van der Waals surface area contributed by atoms with Gasteiger partial charge in [0, 0.05) is 31.6 Å². The molecule has 1 saturated heterocycles. The van der Waals surface area contributed by atoms with Crippen molar-refractivity contribution in [3.05, 3.63) is 63.3 Å². The monoisotopic (exact) mass is 484 g/mol. The predicted octanol–water partition coefficient (Wildman–Crippen LogP) is 3.38. The summed E-state index contributed by atoms with van der Waals surface area (Å²) in [6.07, 6.45) is 0.859. The Balaban J connectivity index is 1.32. The fourth-order valence-electron chi connectivity index (χ4n) is 3.64. The second-order valence-corrected chi connectivity index (χ2v) is 9.28. The third kappa shape index (κ3) is 5.58. The summed E-state index contributed by atoms with van der Waals surface area (Å²) in [6, 6.07) is 10.7. The van der Waals surface area contributed by atoms with Crippen molar-refractivity contribution in [1.82, 2.24) is 14.8 Å². The van der Waals surface area contributed by atoms with Crippen LogP contribution in [0.5, 0.6) is 5.75 Å². The lowest BCUT2D eigenvalue weighted by Crippen LogP contribution is -2.38. The maximum absolute atomic E-state index is 13.0. The van der Waals surface area contributed by atoms with E-state index in [1.54, 1.807) is 40.5 Å². The van der Waals surface area contributed by atoms with Gasteiger partial charge in [-0.3, -0.25) is 19.7 Å². The molecule has 3 amide bonds. The Morgan fingerprint density at radius 1 is 1.03 bits per heavy atom. The highest BCUT2D eigenvalue weighted by Gasteiger charge is 2.25. The highest BCUT2D eigenvalue weighted by atomic mass is 32.1. The van der Waals surface area contributed by atoms with Crippen LogP contribution in [0.1, 0.15) is 32.1 Å². The van der Waals surface area contributed by atoms with Gasteiger partial charge in [-0.1, -0.05) is 18.2 Å². The minimum atomic E-state index is -0.204. The fourth-order valence-corrected chi connectivity index (χ4v) is 4.96. The highest BCUT2D eigenvalue weighted by Crippen LogP contribution is 2.21. The third-order valence-electron chi connectivity index (χ3n) is 5.32. The lowest BCUT2D eigenvalue weighted by Gasteiger charge is -2.22. The van der Waals surface area contributed by atoms with Crippen molar-refractivity contribution in [3.8, 4) is 5.75 Å². The van der Waals surface area contributed by atoms with Gasteiger partial charge >= 0.3 is 0 Å². The van der Waals surface area contributed by atoms with Crippen LogP contribution in [0.3, 0.4) is 0 Å². The van der Waals surface area contributed by atoms with Gasteiger partial charge in [0.25, 0.3) is 11.8 Å². The van der Waals surface area contributed by atoms with Crippen LogP contribution in [0.25, 0.3) is 0 Å². The zero-order valence-corrected chi connectivity index (χ0v) is 19.8. The summed E-state index contributed by atoms with van der Waals surface area (Å²) in [5.41, 5.74) is 1.15. The van der Waals surface area contributed by atoms with Crippen molar-refractivity contribution < 1.29 is 19.1 Å². The van der Waals surface area contributed by atoms with Crippen LogP contribution in [-0.2, 0) is 11.2 Å². The zero-order valence-electron chi connectivity index (χ0n) is 18.2. The van der Waals surface area contributed by atoms with Crippen molar-refractivity contribution >= 4 is 45.5 Å². The number of thiophene rings is 1. The molecule has 0 spiro atoms. The van der Waals surface area contributed by atoms with E-state index < -0.39 is 0 Å². The lowest BCUT2D eigenvalue weighted by molar-refractivity contribution is -0.130. The van der Waals surface area contributed by atoms with Gasteiger partial charge in [-0.2, -0.15) is 0 Å². The Bertz CT molecular complexity index is 1130. The normalized spacial score (nSPS) is 14.0. The van der Waals surface area contributed by atoms with Crippen molar-refractivity contribution in [3.63, 3.8) is 0 Å².